The van der Waals surface area contributed by atoms with Crippen molar-refractivity contribution in [3.63, 3.8) is 0 Å². The van der Waals surface area contributed by atoms with Gasteiger partial charge in [-0.25, -0.2) is 0 Å². The van der Waals surface area contributed by atoms with Crippen LogP contribution in [-0.2, 0) is 0 Å². The van der Waals surface area contributed by atoms with Gasteiger partial charge in [-0.1, -0.05) is 12.1 Å². The Hall–Kier alpha value is -0.0500. The molecule has 1 aromatic carbocycles. The maximum absolute atomic E-state index is 3.82. The first kappa shape index (κ1) is 7.06. The first-order valence-corrected chi connectivity index (χ1v) is 3.86. The summed E-state index contributed by atoms with van der Waals surface area (Å²) in [4.78, 5) is 0. The van der Waals surface area contributed by atoms with Crippen molar-refractivity contribution in [1.82, 2.24) is 0 Å². The normalized spacial score (nSPS) is 9.67. The van der Waals surface area contributed by atoms with Crippen LogP contribution in [0.3, 0.4) is 0 Å². The molecule has 0 nitrogen and oxygen atoms in total. The lowest BCUT2D eigenvalue weighted by molar-refractivity contribution is 1.41. The van der Waals surface area contributed by atoms with Crippen LogP contribution in [0.2, 0.25) is 0 Å². The van der Waals surface area contributed by atoms with E-state index >= 15 is 0 Å². The van der Waals surface area contributed by atoms with E-state index in [0.717, 1.165) is 5.56 Å². The van der Waals surface area contributed by atoms with Crippen molar-refractivity contribution in [3.05, 3.63) is 39.8 Å². The molecule has 0 N–H and O–H groups in total. The van der Waals surface area contributed by atoms with E-state index in [1.165, 1.54) is 9.13 Å². The number of halogens is 1. The van der Waals surface area contributed by atoms with Crippen LogP contribution in [-0.4, -0.2) is 0 Å². The predicted molar refractivity (Wildman–Crippen MR) is 48.4 cm³/mol. The summed E-state index contributed by atoms with van der Waals surface area (Å²) in [5, 5.41) is 0. The first-order valence-electron chi connectivity index (χ1n) is 2.78. The molecule has 0 saturated carbocycles. The molecule has 1 rings (SSSR count). The number of benzene rings is 1. The molecule has 0 heterocycles. The summed E-state index contributed by atoms with van der Waals surface area (Å²) in [6, 6.07) is 6.19. The molecule has 1 aromatic rings. The summed E-state index contributed by atoms with van der Waals surface area (Å²) < 4.78 is 1.29. The summed E-state index contributed by atoms with van der Waals surface area (Å²) in [5.41, 5.74) is 2.41. The summed E-state index contributed by atoms with van der Waals surface area (Å²) in [6.07, 6.45) is 0. The van der Waals surface area contributed by atoms with E-state index in [2.05, 4.69) is 48.6 Å². The van der Waals surface area contributed by atoms with Crippen molar-refractivity contribution in [3.8, 4) is 0 Å². The molecule has 0 amide bonds. The van der Waals surface area contributed by atoms with Crippen LogP contribution in [0.15, 0.2) is 18.2 Å². The van der Waals surface area contributed by atoms with Gasteiger partial charge in [0.1, 0.15) is 0 Å². The van der Waals surface area contributed by atoms with E-state index in [1.54, 1.807) is 0 Å². The van der Waals surface area contributed by atoms with Gasteiger partial charge in [-0.15, -0.1) is 0 Å². The second kappa shape index (κ2) is 2.69. The number of hydrogen-bond donors (Lipinski definition) is 0. The van der Waals surface area contributed by atoms with Crippen molar-refractivity contribution >= 4 is 22.6 Å². The molecule has 47 valence electrons. The molecular formula is C8H8I. The zero-order chi connectivity index (χ0) is 6.85. The SMILES string of the molecule is [CH2]c1ccc(C)c(I)c1. The van der Waals surface area contributed by atoms with Gasteiger partial charge in [-0.3, -0.25) is 0 Å². The number of hydrogen-bond acceptors (Lipinski definition) is 0. The third-order valence-corrected chi connectivity index (χ3v) is 2.40. The topological polar surface area (TPSA) is 0 Å². The smallest absolute Gasteiger partial charge is 0.0162 e. The van der Waals surface area contributed by atoms with Crippen LogP contribution in [0.4, 0.5) is 0 Å². The lowest BCUT2D eigenvalue weighted by atomic mass is 10.2. The van der Waals surface area contributed by atoms with Crippen LogP contribution in [0, 0.1) is 17.4 Å². The highest BCUT2D eigenvalue weighted by Crippen LogP contribution is 2.11. The Kier molecular flexibility index (Phi) is 2.11. The maximum atomic E-state index is 3.82. The molecule has 9 heavy (non-hydrogen) atoms. The Balaban J connectivity index is 3.17. The fraction of sp³-hybridized carbons (Fsp3) is 0.125. The largest absolute Gasteiger partial charge is 0.0587 e. The second-order valence-electron chi connectivity index (χ2n) is 2.08. The molecule has 0 aliphatic heterocycles. The Labute approximate surface area is 69.4 Å². The summed E-state index contributed by atoms with van der Waals surface area (Å²) in [7, 11) is 0. The highest BCUT2D eigenvalue weighted by Gasteiger charge is 1.90. The molecule has 0 saturated heterocycles. The fourth-order valence-corrected chi connectivity index (χ4v) is 1.22. The average molecular weight is 231 g/mol. The minimum atomic E-state index is 1.09. The van der Waals surface area contributed by atoms with Gasteiger partial charge < -0.3 is 0 Å². The Bertz CT molecular complexity index is 216. The van der Waals surface area contributed by atoms with Gasteiger partial charge in [-0.05, 0) is 53.6 Å². The molecular weight excluding hydrogens is 223 g/mol. The van der Waals surface area contributed by atoms with Crippen LogP contribution in [0.1, 0.15) is 11.1 Å². The van der Waals surface area contributed by atoms with E-state index < -0.39 is 0 Å². The summed E-state index contributed by atoms with van der Waals surface area (Å²) in [6.45, 7) is 5.92. The lowest BCUT2D eigenvalue weighted by Gasteiger charge is -1.96. The van der Waals surface area contributed by atoms with Gasteiger partial charge in [0.2, 0.25) is 0 Å². The molecule has 0 unspecified atom stereocenters. The Morgan fingerprint density at radius 3 is 2.56 bits per heavy atom. The maximum Gasteiger partial charge on any atom is 0.0162 e. The third kappa shape index (κ3) is 1.68. The van der Waals surface area contributed by atoms with Gasteiger partial charge in [0.15, 0.2) is 0 Å². The quantitative estimate of drug-likeness (QED) is 0.602. The van der Waals surface area contributed by atoms with Crippen LogP contribution < -0.4 is 0 Å². The van der Waals surface area contributed by atoms with Gasteiger partial charge >= 0.3 is 0 Å². The fourth-order valence-electron chi connectivity index (χ4n) is 0.636. The van der Waals surface area contributed by atoms with Gasteiger partial charge in [0.05, 0.1) is 0 Å². The molecule has 1 radical (unpaired) electrons. The molecule has 0 aromatic heterocycles. The minimum absolute atomic E-state index is 1.09. The van der Waals surface area contributed by atoms with Gasteiger partial charge in [0, 0.05) is 3.57 Å². The molecule has 0 fully saturated rings. The standard InChI is InChI=1S/C8H8I/c1-6-3-4-7(2)8(9)5-6/h3-5H,1H2,2H3. The molecule has 0 aliphatic carbocycles. The van der Waals surface area contributed by atoms with Gasteiger partial charge in [-0.2, -0.15) is 0 Å². The number of rotatable bonds is 0. The van der Waals surface area contributed by atoms with Gasteiger partial charge in [0.25, 0.3) is 0 Å². The first-order chi connectivity index (χ1) is 4.20. The lowest BCUT2D eigenvalue weighted by Crippen LogP contribution is -1.79. The van der Waals surface area contributed by atoms with Crippen LogP contribution in [0.5, 0.6) is 0 Å². The Morgan fingerprint density at radius 2 is 2.11 bits per heavy atom. The minimum Gasteiger partial charge on any atom is -0.0587 e. The van der Waals surface area contributed by atoms with Crippen molar-refractivity contribution in [2.45, 2.75) is 6.92 Å². The number of aryl methyl sites for hydroxylation is 1. The molecule has 0 bridgehead atoms. The van der Waals surface area contributed by atoms with E-state index in [9.17, 15) is 0 Å². The van der Waals surface area contributed by atoms with E-state index in [-0.39, 0.29) is 0 Å². The molecule has 0 spiro atoms. The van der Waals surface area contributed by atoms with Crippen LogP contribution in [0.25, 0.3) is 0 Å². The van der Waals surface area contributed by atoms with E-state index in [1.807, 2.05) is 6.07 Å². The molecule has 1 heteroatoms. The zero-order valence-electron chi connectivity index (χ0n) is 5.32. The average Bonchev–Trinajstić information content (AvgIpc) is 1.80. The Morgan fingerprint density at radius 1 is 1.44 bits per heavy atom. The molecule has 0 atom stereocenters. The van der Waals surface area contributed by atoms with Crippen molar-refractivity contribution < 1.29 is 0 Å². The van der Waals surface area contributed by atoms with E-state index in [4.69, 9.17) is 0 Å². The second-order valence-corrected chi connectivity index (χ2v) is 3.25. The monoisotopic (exact) mass is 231 g/mol. The van der Waals surface area contributed by atoms with Crippen molar-refractivity contribution in [2.24, 2.45) is 0 Å². The third-order valence-electron chi connectivity index (χ3n) is 1.24. The van der Waals surface area contributed by atoms with Crippen molar-refractivity contribution in [1.29, 1.82) is 0 Å². The predicted octanol–water partition coefficient (Wildman–Crippen LogP) is 2.78. The summed E-state index contributed by atoms with van der Waals surface area (Å²) in [5.74, 6) is 0. The highest BCUT2D eigenvalue weighted by molar-refractivity contribution is 14.1. The summed E-state index contributed by atoms with van der Waals surface area (Å²) >= 11 is 2.31. The zero-order valence-corrected chi connectivity index (χ0v) is 7.47. The highest BCUT2D eigenvalue weighted by atomic mass is 127. The molecule has 0 aliphatic rings. The van der Waals surface area contributed by atoms with Crippen molar-refractivity contribution in [2.75, 3.05) is 0 Å². The van der Waals surface area contributed by atoms with E-state index in [0.29, 0.717) is 0 Å². The van der Waals surface area contributed by atoms with Crippen LogP contribution >= 0.6 is 22.6 Å².